The lowest BCUT2D eigenvalue weighted by atomic mass is 10.1. The van der Waals surface area contributed by atoms with Crippen LogP contribution in [-0.4, -0.2) is 59.4 Å². The fourth-order valence-electron chi connectivity index (χ4n) is 3.50. The SMILES string of the molecule is O=C(c1ccncc1)N1CCCN(C(=O)c2ccc3c(c2)CCO3)CC1. The van der Waals surface area contributed by atoms with Crippen molar-refractivity contribution >= 4 is 11.8 Å². The van der Waals surface area contributed by atoms with Crippen molar-refractivity contribution < 1.29 is 14.3 Å². The highest BCUT2D eigenvalue weighted by atomic mass is 16.5. The summed E-state index contributed by atoms with van der Waals surface area (Å²) in [5.41, 5.74) is 2.43. The average Bonchev–Trinajstić information content (AvgIpc) is 3.02. The van der Waals surface area contributed by atoms with E-state index in [2.05, 4.69) is 4.98 Å². The van der Waals surface area contributed by atoms with Gasteiger partial charge in [0.2, 0.25) is 0 Å². The van der Waals surface area contributed by atoms with Crippen LogP contribution in [0.15, 0.2) is 42.7 Å². The van der Waals surface area contributed by atoms with E-state index in [-0.39, 0.29) is 11.8 Å². The minimum Gasteiger partial charge on any atom is -0.493 e. The number of hydrogen-bond acceptors (Lipinski definition) is 4. The molecule has 2 aliphatic heterocycles. The summed E-state index contributed by atoms with van der Waals surface area (Å²) >= 11 is 0. The van der Waals surface area contributed by atoms with Gasteiger partial charge in [0, 0.05) is 56.1 Å². The van der Waals surface area contributed by atoms with E-state index in [1.54, 1.807) is 24.5 Å². The number of amides is 2. The molecule has 0 atom stereocenters. The van der Waals surface area contributed by atoms with Gasteiger partial charge in [-0.3, -0.25) is 14.6 Å². The summed E-state index contributed by atoms with van der Waals surface area (Å²) in [7, 11) is 0. The molecule has 1 fully saturated rings. The minimum absolute atomic E-state index is 0.00335. The van der Waals surface area contributed by atoms with E-state index < -0.39 is 0 Å². The van der Waals surface area contributed by atoms with Crippen LogP contribution in [0, 0.1) is 0 Å². The summed E-state index contributed by atoms with van der Waals surface area (Å²) in [5, 5.41) is 0. The first-order valence-electron chi connectivity index (χ1n) is 8.97. The largest absolute Gasteiger partial charge is 0.493 e. The van der Waals surface area contributed by atoms with Gasteiger partial charge in [0.15, 0.2) is 0 Å². The first-order valence-corrected chi connectivity index (χ1v) is 8.97. The highest BCUT2D eigenvalue weighted by Crippen LogP contribution is 2.26. The quantitative estimate of drug-likeness (QED) is 0.830. The van der Waals surface area contributed by atoms with Gasteiger partial charge in [-0.1, -0.05) is 0 Å². The zero-order valence-corrected chi connectivity index (χ0v) is 14.6. The Morgan fingerprint density at radius 2 is 1.58 bits per heavy atom. The van der Waals surface area contributed by atoms with Crippen LogP contribution in [0.1, 0.15) is 32.7 Å². The Bertz CT molecular complexity index is 822. The molecular weight excluding hydrogens is 330 g/mol. The van der Waals surface area contributed by atoms with E-state index in [1.807, 2.05) is 28.0 Å². The number of carbonyl (C=O) groups is 2. The zero-order chi connectivity index (χ0) is 17.9. The van der Waals surface area contributed by atoms with Crippen LogP contribution in [0.3, 0.4) is 0 Å². The van der Waals surface area contributed by atoms with E-state index in [4.69, 9.17) is 4.74 Å². The molecule has 2 aromatic rings. The number of hydrogen-bond donors (Lipinski definition) is 0. The van der Waals surface area contributed by atoms with Crippen LogP contribution in [0.25, 0.3) is 0 Å². The molecule has 1 saturated heterocycles. The van der Waals surface area contributed by atoms with Crippen LogP contribution in [0.2, 0.25) is 0 Å². The maximum absolute atomic E-state index is 12.9. The number of nitrogens with zero attached hydrogens (tertiary/aromatic N) is 3. The fourth-order valence-corrected chi connectivity index (χ4v) is 3.50. The number of pyridine rings is 1. The Balaban J connectivity index is 1.43. The number of aromatic nitrogens is 1. The van der Waals surface area contributed by atoms with Gasteiger partial charge in [-0.05, 0) is 42.3 Å². The molecule has 0 radical (unpaired) electrons. The Labute approximate surface area is 152 Å². The lowest BCUT2D eigenvalue weighted by molar-refractivity contribution is 0.0718. The highest BCUT2D eigenvalue weighted by Gasteiger charge is 2.24. The summed E-state index contributed by atoms with van der Waals surface area (Å²) in [6.07, 6.45) is 4.87. The van der Waals surface area contributed by atoms with Crippen molar-refractivity contribution in [2.45, 2.75) is 12.8 Å². The molecule has 3 heterocycles. The molecule has 0 aliphatic carbocycles. The van der Waals surface area contributed by atoms with Crippen LogP contribution >= 0.6 is 0 Å². The second-order valence-corrected chi connectivity index (χ2v) is 6.59. The molecule has 0 bridgehead atoms. The molecule has 26 heavy (non-hydrogen) atoms. The molecule has 4 rings (SSSR count). The van der Waals surface area contributed by atoms with E-state index in [9.17, 15) is 9.59 Å². The molecule has 0 saturated carbocycles. The Morgan fingerprint density at radius 3 is 2.31 bits per heavy atom. The van der Waals surface area contributed by atoms with E-state index in [0.717, 1.165) is 24.2 Å². The van der Waals surface area contributed by atoms with E-state index in [1.165, 1.54) is 0 Å². The fraction of sp³-hybridized carbons (Fsp3) is 0.350. The van der Waals surface area contributed by atoms with Gasteiger partial charge >= 0.3 is 0 Å². The van der Waals surface area contributed by atoms with Gasteiger partial charge in [0.1, 0.15) is 5.75 Å². The first-order chi connectivity index (χ1) is 12.7. The van der Waals surface area contributed by atoms with Gasteiger partial charge in [0.05, 0.1) is 6.61 Å². The summed E-state index contributed by atoms with van der Waals surface area (Å²) < 4.78 is 5.51. The third-order valence-electron chi connectivity index (χ3n) is 4.93. The van der Waals surface area contributed by atoms with Gasteiger partial charge in [-0.25, -0.2) is 0 Å². The Kier molecular flexibility index (Phi) is 4.56. The predicted molar refractivity (Wildman–Crippen MR) is 96.3 cm³/mol. The molecule has 2 amide bonds. The lowest BCUT2D eigenvalue weighted by Gasteiger charge is -2.22. The van der Waals surface area contributed by atoms with Crippen molar-refractivity contribution in [1.29, 1.82) is 0 Å². The van der Waals surface area contributed by atoms with Crippen molar-refractivity contribution in [3.8, 4) is 5.75 Å². The van der Waals surface area contributed by atoms with Crippen molar-refractivity contribution in [1.82, 2.24) is 14.8 Å². The third kappa shape index (κ3) is 3.27. The van der Waals surface area contributed by atoms with Crippen molar-refractivity contribution in [2.75, 3.05) is 32.8 Å². The van der Waals surface area contributed by atoms with E-state index in [0.29, 0.717) is 43.9 Å². The lowest BCUT2D eigenvalue weighted by Crippen LogP contribution is -2.37. The Hall–Kier alpha value is -2.89. The molecule has 0 spiro atoms. The van der Waals surface area contributed by atoms with Crippen molar-refractivity contribution in [3.05, 3.63) is 59.4 Å². The topological polar surface area (TPSA) is 62.7 Å². The predicted octanol–water partition coefficient (Wildman–Crippen LogP) is 2.00. The number of benzene rings is 1. The monoisotopic (exact) mass is 351 g/mol. The second kappa shape index (κ2) is 7.15. The number of fused-ring (bicyclic) bond motifs is 1. The zero-order valence-electron chi connectivity index (χ0n) is 14.6. The maximum atomic E-state index is 12.9. The highest BCUT2D eigenvalue weighted by molar-refractivity contribution is 5.95. The van der Waals surface area contributed by atoms with Crippen molar-refractivity contribution in [3.63, 3.8) is 0 Å². The third-order valence-corrected chi connectivity index (χ3v) is 4.93. The first kappa shape index (κ1) is 16.6. The molecule has 1 aromatic carbocycles. The van der Waals surface area contributed by atoms with Gasteiger partial charge in [0.25, 0.3) is 11.8 Å². The molecule has 0 N–H and O–H groups in total. The summed E-state index contributed by atoms with van der Waals surface area (Å²) in [6.45, 7) is 3.09. The Morgan fingerprint density at radius 1 is 0.885 bits per heavy atom. The van der Waals surface area contributed by atoms with E-state index >= 15 is 0 Å². The molecule has 6 nitrogen and oxygen atoms in total. The average molecular weight is 351 g/mol. The molecule has 6 heteroatoms. The van der Waals surface area contributed by atoms with Gasteiger partial charge in [-0.15, -0.1) is 0 Å². The van der Waals surface area contributed by atoms with Gasteiger partial charge in [-0.2, -0.15) is 0 Å². The van der Waals surface area contributed by atoms with Gasteiger partial charge < -0.3 is 14.5 Å². The molecule has 0 unspecified atom stereocenters. The summed E-state index contributed by atoms with van der Waals surface area (Å²) in [5.74, 6) is 0.904. The summed E-state index contributed by atoms with van der Waals surface area (Å²) in [6, 6.07) is 9.10. The number of rotatable bonds is 2. The van der Waals surface area contributed by atoms with Crippen molar-refractivity contribution in [2.24, 2.45) is 0 Å². The minimum atomic E-state index is -0.00335. The normalized spacial score (nSPS) is 16.6. The smallest absolute Gasteiger partial charge is 0.254 e. The second-order valence-electron chi connectivity index (χ2n) is 6.59. The van der Waals surface area contributed by atoms with Crippen LogP contribution < -0.4 is 4.74 Å². The maximum Gasteiger partial charge on any atom is 0.254 e. The standard InChI is InChI=1S/C20H21N3O3/c24-19(15-4-7-21-8-5-15)22-9-1-10-23(12-11-22)20(25)17-2-3-18-16(14-17)6-13-26-18/h2-5,7-8,14H,1,6,9-13H2. The van der Waals surface area contributed by atoms with Crippen LogP contribution in [-0.2, 0) is 6.42 Å². The molecule has 1 aromatic heterocycles. The molecule has 134 valence electrons. The van der Waals surface area contributed by atoms with Crippen LogP contribution in [0.4, 0.5) is 0 Å². The molecule has 2 aliphatic rings. The summed E-state index contributed by atoms with van der Waals surface area (Å²) in [4.78, 5) is 33.1. The van der Waals surface area contributed by atoms with Crippen LogP contribution in [0.5, 0.6) is 5.75 Å². The number of ether oxygens (including phenoxy) is 1. The number of carbonyl (C=O) groups excluding carboxylic acids is 2. The molecular formula is C20H21N3O3.